The van der Waals surface area contributed by atoms with E-state index in [1.54, 1.807) is 0 Å². The van der Waals surface area contributed by atoms with Crippen LogP contribution in [0.2, 0.25) is 0 Å². The summed E-state index contributed by atoms with van der Waals surface area (Å²) < 4.78 is 147. The predicted molar refractivity (Wildman–Crippen MR) is 472 cm³/mol. The molecule has 0 fully saturated rings. The van der Waals surface area contributed by atoms with Crippen molar-refractivity contribution < 1.29 is 162 Å². The molecule has 0 aliphatic rings. The van der Waals surface area contributed by atoms with E-state index in [9.17, 15) is 14.4 Å². The van der Waals surface area contributed by atoms with Crippen LogP contribution in [-0.2, 0) is 152 Å². The summed E-state index contributed by atoms with van der Waals surface area (Å²) in [5.41, 5.74) is 29.5. The van der Waals surface area contributed by atoms with Gasteiger partial charge in [0.2, 0.25) is 0 Å². The topological polar surface area (TPSA) is 556 Å². The van der Waals surface area contributed by atoms with E-state index < -0.39 is 18.3 Å². The maximum absolute atomic E-state index is 11.5. The third-order valence-corrected chi connectivity index (χ3v) is 14.7. The first-order valence-corrected chi connectivity index (χ1v) is 43.3. The molecular formula is C84H151N11O34. The van der Waals surface area contributed by atoms with Crippen molar-refractivity contribution in [1.29, 1.82) is 0 Å². The molecule has 0 saturated carbocycles. The molecule has 0 radical (unpaired) electrons. The third-order valence-electron chi connectivity index (χ3n) is 14.7. The average Bonchev–Trinajstić information content (AvgIpc) is 0.962. The number of alkyl carbamates (subject to hydrolysis) is 3. The number of ether oxygens (including phenoxy) is 28. The van der Waals surface area contributed by atoms with E-state index in [0.717, 1.165) is 16.7 Å². The zero-order valence-corrected chi connectivity index (χ0v) is 75.5. The van der Waals surface area contributed by atoms with Gasteiger partial charge >= 0.3 is 18.3 Å². The van der Waals surface area contributed by atoms with Gasteiger partial charge in [-0.2, -0.15) is 0 Å². The Labute approximate surface area is 759 Å². The van der Waals surface area contributed by atoms with Gasteiger partial charge < -0.3 is 175 Å². The number of aliphatic hydroxyl groups excluding tert-OH is 3. The van der Waals surface area contributed by atoms with Crippen LogP contribution in [0.25, 0.3) is 20.9 Å². The zero-order chi connectivity index (χ0) is 93.4. The van der Waals surface area contributed by atoms with Crippen LogP contribution in [0.15, 0.2) is 101 Å². The molecule has 0 aliphatic heterocycles. The van der Waals surface area contributed by atoms with Crippen molar-refractivity contribution in [2.45, 2.75) is 19.8 Å². The summed E-state index contributed by atoms with van der Waals surface area (Å²) in [6, 6.07) is 28.5. The first kappa shape index (κ1) is 124. The summed E-state index contributed by atoms with van der Waals surface area (Å²) in [6.07, 6.45) is -1.40. The fourth-order valence-corrected chi connectivity index (χ4v) is 8.57. The summed E-state index contributed by atoms with van der Waals surface area (Å²) in [6.45, 7) is 27.5. The van der Waals surface area contributed by atoms with Gasteiger partial charge in [-0.25, -0.2) is 14.4 Å². The minimum absolute atomic E-state index is 0.0227. The summed E-state index contributed by atoms with van der Waals surface area (Å²) >= 11 is 0. The third kappa shape index (κ3) is 110. The van der Waals surface area contributed by atoms with Crippen molar-refractivity contribution in [3.05, 3.63) is 129 Å². The van der Waals surface area contributed by atoms with Crippen LogP contribution >= 0.6 is 0 Å². The Morgan fingerprint density at radius 3 is 0.558 bits per heavy atom. The standard InChI is InChI=1S/C20H32N4O7.C20H34N2O7.C20H33NO8.C12H25N3O6.C12H27NO6/c21-24-23-7-9-27-11-13-29-15-17-30-16-14-28-12-10-26-8-6-22-20(25)31-18-19-4-2-1-3-5-19;21-6-8-24-10-12-26-14-16-28-17-15-27-13-11-25-9-7-22-20(23)29-18-19-4-2-1-3-5-19;22-7-9-25-11-13-27-15-17-28-16-14-26-12-10-24-8-6-21-20(23)29-18-19-4-2-1-3-5-19;13-15-14-1-3-17-5-7-19-9-11-21-12-10-20-8-6-18-4-2-16;13-1-3-15-5-7-17-9-11-19-12-10-18-8-6-16-4-2-14/h1-5H,6-18H2,(H,22,25);1-5H,6-18,21H2,(H,22,23);1-5,22H,6-18H2,(H,21,23);16H,1-12H2;14H,1-13H2. The van der Waals surface area contributed by atoms with Crippen LogP contribution in [0.5, 0.6) is 0 Å². The number of benzene rings is 3. The van der Waals surface area contributed by atoms with E-state index in [-0.39, 0.29) is 39.6 Å². The van der Waals surface area contributed by atoms with E-state index in [4.69, 9.17) is 170 Å². The number of nitrogens with one attached hydrogen (secondary N) is 3. The normalized spacial score (nSPS) is 10.7. The Hall–Kier alpha value is -7.11. The number of hydrogen-bond donors (Lipinski definition) is 8. The number of carbonyl (C=O) groups excluding carboxylic acids is 3. The molecule has 3 rings (SSSR count). The fraction of sp³-hybridized carbons (Fsp3) is 0.750. The van der Waals surface area contributed by atoms with Crippen molar-refractivity contribution in [3.8, 4) is 0 Å². The molecule has 0 bridgehead atoms. The largest absolute Gasteiger partial charge is 0.445 e. The van der Waals surface area contributed by atoms with Crippen molar-refractivity contribution in [1.82, 2.24) is 16.0 Å². The van der Waals surface area contributed by atoms with Gasteiger partial charge in [0.15, 0.2) is 0 Å². The Bertz CT molecular complexity index is 2710. The Morgan fingerprint density at radius 2 is 0.395 bits per heavy atom. The lowest BCUT2D eigenvalue weighted by atomic mass is 10.2. The number of nitrogens with zero attached hydrogens (tertiary/aromatic N) is 6. The van der Waals surface area contributed by atoms with Crippen LogP contribution < -0.4 is 27.4 Å². The predicted octanol–water partition coefficient (Wildman–Crippen LogP) is 3.64. The van der Waals surface area contributed by atoms with Gasteiger partial charge in [-0.15, -0.1) is 0 Å². The second kappa shape index (κ2) is 113. The smallest absolute Gasteiger partial charge is 0.407 e. The molecule has 0 atom stereocenters. The summed E-state index contributed by atoms with van der Waals surface area (Å²) in [4.78, 5) is 39.8. The molecule has 45 nitrogen and oxygen atoms in total. The van der Waals surface area contributed by atoms with Crippen molar-refractivity contribution in [2.24, 2.45) is 21.7 Å². The first-order chi connectivity index (χ1) is 63.8. The van der Waals surface area contributed by atoms with Crippen molar-refractivity contribution in [2.75, 3.05) is 396 Å². The van der Waals surface area contributed by atoms with Gasteiger partial charge in [-0.3, -0.25) is 0 Å². The number of nitrogens with two attached hydrogens (primary N) is 2. The monoisotopic (exact) mass is 1860 g/mol. The molecule has 3 amide bonds. The second-order valence-electron chi connectivity index (χ2n) is 24.9. The highest BCUT2D eigenvalue weighted by atomic mass is 16.6. The maximum Gasteiger partial charge on any atom is 0.407 e. The van der Waals surface area contributed by atoms with Crippen LogP contribution in [-0.4, -0.2) is 430 Å². The number of amides is 3. The van der Waals surface area contributed by atoms with Gasteiger partial charge in [0.05, 0.1) is 350 Å². The number of azide groups is 2. The Morgan fingerprint density at radius 1 is 0.240 bits per heavy atom. The van der Waals surface area contributed by atoms with Gasteiger partial charge in [-0.1, -0.05) is 101 Å². The van der Waals surface area contributed by atoms with E-state index in [1.807, 2.05) is 91.0 Å². The molecule has 0 unspecified atom stereocenters. The zero-order valence-electron chi connectivity index (χ0n) is 75.5. The maximum atomic E-state index is 11.5. The summed E-state index contributed by atoms with van der Waals surface area (Å²) in [7, 11) is 0. The fourth-order valence-electron chi connectivity index (χ4n) is 8.57. The molecule has 0 heterocycles. The lowest BCUT2D eigenvalue weighted by Crippen LogP contribution is -2.28. The van der Waals surface area contributed by atoms with Crippen LogP contribution in [0.1, 0.15) is 16.7 Å². The van der Waals surface area contributed by atoms with E-state index in [2.05, 4.69) is 36.0 Å². The molecule has 0 aromatic heterocycles. The number of rotatable bonds is 91. The molecule has 3 aromatic rings. The van der Waals surface area contributed by atoms with Crippen molar-refractivity contribution in [3.63, 3.8) is 0 Å². The quantitative estimate of drug-likeness (QED) is 0.0131. The Kier molecular flexibility index (Phi) is 109. The highest BCUT2D eigenvalue weighted by molar-refractivity contribution is 5.67. The highest BCUT2D eigenvalue weighted by Gasteiger charge is 2.07. The van der Waals surface area contributed by atoms with Gasteiger partial charge in [-0.05, 0) is 27.8 Å². The molecule has 0 aliphatic carbocycles. The number of aliphatic hydroxyl groups is 3. The van der Waals surface area contributed by atoms with Crippen molar-refractivity contribution >= 4 is 18.3 Å². The van der Waals surface area contributed by atoms with Gasteiger partial charge in [0, 0.05) is 55.6 Å². The first-order valence-electron chi connectivity index (χ1n) is 43.3. The molecule has 746 valence electrons. The van der Waals surface area contributed by atoms with Crippen LogP contribution in [0.3, 0.4) is 0 Å². The molecule has 129 heavy (non-hydrogen) atoms. The van der Waals surface area contributed by atoms with E-state index in [0.29, 0.717) is 376 Å². The number of hydrogen-bond acceptors (Lipinski definition) is 38. The minimum atomic E-state index is -0.470. The highest BCUT2D eigenvalue weighted by Crippen LogP contribution is 2.04. The molecule has 0 saturated heterocycles. The second-order valence-corrected chi connectivity index (χ2v) is 24.9. The average molecular weight is 1860 g/mol. The molecular weight excluding hydrogens is 1710 g/mol. The van der Waals surface area contributed by atoms with Crippen LogP contribution in [0, 0.1) is 0 Å². The molecule has 10 N–H and O–H groups in total. The molecule has 3 aromatic carbocycles. The lowest BCUT2D eigenvalue weighted by molar-refractivity contribution is -0.0130. The SMILES string of the molecule is NCCOCCOCCOCCOCCOCCNC(=O)OCc1ccccc1.NCCOCCOCCOCCOCCOCCO.O=C(NCCOCCOCCOCCOCCOCCO)OCc1ccccc1.[N-]=[N+]=NCCOCCOCCOCCOCCOCCNC(=O)OCc1ccccc1.[N-]=[N+]=NCCOCCOCCOCCOCCOCCO. The van der Waals surface area contributed by atoms with Gasteiger partial charge in [0.25, 0.3) is 0 Å². The Balaban J connectivity index is 0. The lowest BCUT2D eigenvalue weighted by Gasteiger charge is -2.09. The number of carbonyl (C=O) groups is 3. The molecule has 45 heteroatoms. The van der Waals surface area contributed by atoms with Crippen LogP contribution in [0.4, 0.5) is 14.4 Å². The molecule has 0 spiro atoms. The van der Waals surface area contributed by atoms with Gasteiger partial charge in [0.1, 0.15) is 19.8 Å². The van der Waals surface area contributed by atoms with E-state index >= 15 is 0 Å². The minimum Gasteiger partial charge on any atom is -0.445 e. The summed E-state index contributed by atoms with van der Waals surface area (Å²) in [5, 5.41) is 40.0. The summed E-state index contributed by atoms with van der Waals surface area (Å²) in [5.74, 6) is 0. The van der Waals surface area contributed by atoms with E-state index in [1.165, 1.54) is 0 Å².